The largest absolute Gasteiger partial charge is 0.379 e. The zero-order valence-electron chi connectivity index (χ0n) is 13.2. The Morgan fingerprint density at radius 1 is 0.895 bits per heavy atom. The van der Waals surface area contributed by atoms with E-state index in [0.717, 1.165) is 0 Å². The summed E-state index contributed by atoms with van der Waals surface area (Å²) in [5.41, 5.74) is -0.506. The van der Waals surface area contributed by atoms with Crippen molar-refractivity contribution in [2.75, 3.05) is 26.4 Å². The highest BCUT2D eigenvalue weighted by molar-refractivity contribution is 5.85. The molecule has 112 valence electrons. The van der Waals surface area contributed by atoms with Crippen molar-refractivity contribution in [2.24, 2.45) is 10.8 Å². The van der Waals surface area contributed by atoms with E-state index in [4.69, 9.17) is 9.47 Å². The number of ketones is 2. The van der Waals surface area contributed by atoms with E-state index < -0.39 is 5.41 Å². The van der Waals surface area contributed by atoms with E-state index in [0.29, 0.717) is 26.2 Å². The minimum atomic E-state index is -0.414. The van der Waals surface area contributed by atoms with E-state index in [-0.39, 0.29) is 23.6 Å². The molecule has 0 heterocycles. The standard InChI is InChI=1S/C15H28O4/c1-12(16)7-8-18-9-10-19-11-13(17)15(5,6)14(2,3)4/h7-11H2,1-6H3. The molecular weight excluding hydrogens is 244 g/mol. The molecule has 0 atom stereocenters. The highest BCUT2D eigenvalue weighted by Gasteiger charge is 2.39. The Morgan fingerprint density at radius 2 is 1.42 bits per heavy atom. The van der Waals surface area contributed by atoms with Crippen LogP contribution in [0.5, 0.6) is 0 Å². The summed E-state index contributed by atoms with van der Waals surface area (Å²) in [5.74, 6) is 0.215. The Morgan fingerprint density at radius 3 is 1.89 bits per heavy atom. The van der Waals surface area contributed by atoms with E-state index in [1.807, 2.05) is 13.8 Å². The number of Topliss-reactive ketones (excluding diaryl/α,β-unsaturated/α-hetero) is 2. The van der Waals surface area contributed by atoms with Gasteiger partial charge in [0.05, 0.1) is 19.8 Å². The van der Waals surface area contributed by atoms with E-state index >= 15 is 0 Å². The monoisotopic (exact) mass is 272 g/mol. The summed E-state index contributed by atoms with van der Waals surface area (Å²) >= 11 is 0. The van der Waals surface area contributed by atoms with Crippen LogP contribution in [0.25, 0.3) is 0 Å². The van der Waals surface area contributed by atoms with Crippen LogP contribution in [0, 0.1) is 10.8 Å². The van der Waals surface area contributed by atoms with Crippen LogP contribution in [0.4, 0.5) is 0 Å². The Labute approximate surface area is 116 Å². The van der Waals surface area contributed by atoms with Crippen molar-refractivity contribution < 1.29 is 19.1 Å². The van der Waals surface area contributed by atoms with Crippen LogP contribution in [0.1, 0.15) is 48.0 Å². The van der Waals surface area contributed by atoms with Gasteiger partial charge in [0.2, 0.25) is 0 Å². The molecule has 0 saturated heterocycles. The van der Waals surface area contributed by atoms with Crippen molar-refractivity contribution in [3.05, 3.63) is 0 Å². The van der Waals surface area contributed by atoms with Crippen LogP contribution < -0.4 is 0 Å². The lowest BCUT2D eigenvalue weighted by molar-refractivity contribution is -0.137. The Bertz CT molecular complexity index is 300. The topological polar surface area (TPSA) is 52.6 Å². The summed E-state index contributed by atoms with van der Waals surface area (Å²) in [4.78, 5) is 22.7. The first-order chi connectivity index (χ1) is 8.59. The lowest BCUT2D eigenvalue weighted by Crippen LogP contribution is -2.40. The number of carbonyl (C=O) groups is 2. The lowest BCUT2D eigenvalue weighted by atomic mass is 9.67. The maximum atomic E-state index is 12.1. The molecule has 0 spiro atoms. The van der Waals surface area contributed by atoms with Gasteiger partial charge in [-0.1, -0.05) is 34.6 Å². The number of rotatable bonds is 9. The van der Waals surface area contributed by atoms with Gasteiger partial charge in [-0.15, -0.1) is 0 Å². The predicted molar refractivity (Wildman–Crippen MR) is 75.2 cm³/mol. The summed E-state index contributed by atoms with van der Waals surface area (Å²) in [5, 5.41) is 0. The molecule has 0 aromatic heterocycles. The molecule has 0 unspecified atom stereocenters. The van der Waals surface area contributed by atoms with Crippen LogP contribution in [-0.4, -0.2) is 38.0 Å². The second-order valence-electron chi connectivity index (χ2n) is 6.42. The molecule has 0 saturated carbocycles. The summed E-state index contributed by atoms with van der Waals surface area (Å²) in [6, 6.07) is 0. The highest BCUT2D eigenvalue weighted by atomic mass is 16.5. The van der Waals surface area contributed by atoms with Gasteiger partial charge >= 0.3 is 0 Å². The van der Waals surface area contributed by atoms with Gasteiger partial charge in [0.25, 0.3) is 0 Å². The maximum absolute atomic E-state index is 12.1. The summed E-state index contributed by atoms with van der Waals surface area (Å²) in [6.07, 6.45) is 0.427. The van der Waals surface area contributed by atoms with Crippen molar-refractivity contribution in [1.29, 1.82) is 0 Å². The molecule has 0 aliphatic heterocycles. The minimum Gasteiger partial charge on any atom is -0.379 e. The van der Waals surface area contributed by atoms with Gasteiger partial charge in [0.1, 0.15) is 12.4 Å². The molecule has 0 aliphatic carbocycles. The van der Waals surface area contributed by atoms with E-state index in [1.54, 1.807) is 0 Å². The fourth-order valence-corrected chi connectivity index (χ4v) is 1.20. The van der Waals surface area contributed by atoms with Crippen LogP contribution in [-0.2, 0) is 19.1 Å². The molecule has 0 bridgehead atoms. The van der Waals surface area contributed by atoms with Gasteiger partial charge in [-0.3, -0.25) is 9.59 Å². The Kier molecular flexibility index (Phi) is 7.45. The molecule has 19 heavy (non-hydrogen) atoms. The third-order valence-corrected chi connectivity index (χ3v) is 3.78. The SMILES string of the molecule is CC(=O)CCOCCOCC(=O)C(C)(C)C(C)(C)C. The molecule has 4 heteroatoms. The van der Waals surface area contributed by atoms with Gasteiger partial charge in [0.15, 0.2) is 5.78 Å². The van der Waals surface area contributed by atoms with E-state index in [1.165, 1.54) is 6.92 Å². The molecule has 0 amide bonds. The van der Waals surface area contributed by atoms with Gasteiger partial charge in [-0.2, -0.15) is 0 Å². The second kappa shape index (κ2) is 7.75. The lowest BCUT2D eigenvalue weighted by Gasteiger charge is -2.37. The van der Waals surface area contributed by atoms with Crippen LogP contribution in [0.15, 0.2) is 0 Å². The fourth-order valence-electron chi connectivity index (χ4n) is 1.20. The molecule has 0 aliphatic rings. The summed E-state index contributed by atoms with van der Waals surface area (Å²) in [7, 11) is 0. The van der Waals surface area contributed by atoms with E-state index in [9.17, 15) is 9.59 Å². The average Bonchev–Trinajstić information content (AvgIpc) is 2.25. The third kappa shape index (κ3) is 6.83. The molecule has 4 nitrogen and oxygen atoms in total. The fraction of sp³-hybridized carbons (Fsp3) is 0.867. The van der Waals surface area contributed by atoms with Crippen molar-refractivity contribution >= 4 is 11.6 Å². The summed E-state index contributed by atoms with van der Waals surface area (Å²) in [6.45, 7) is 12.9. The Hall–Kier alpha value is -0.740. The zero-order chi connectivity index (χ0) is 15.1. The van der Waals surface area contributed by atoms with E-state index in [2.05, 4.69) is 20.8 Å². The van der Waals surface area contributed by atoms with Gasteiger partial charge in [0, 0.05) is 11.8 Å². The second-order valence-corrected chi connectivity index (χ2v) is 6.42. The Balaban J connectivity index is 3.79. The van der Waals surface area contributed by atoms with Gasteiger partial charge in [-0.25, -0.2) is 0 Å². The van der Waals surface area contributed by atoms with Crippen LogP contribution >= 0.6 is 0 Å². The first-order valence-electron chi connectivity index (χ1n) is 6.77. The van der Waals surface area contributed by atoms with Crippen LogP contribution in [0.2, 0.25) is 0 Å². The van der Waals surface area contributed by atoms with Crippen molar-refractivity contribution in [1.82, 2.24) is 0 Å². The molecule has 0 rings (SSSR count). The predicted octanol–water partition coefficient (Wildman–Crippen LogP) is 2.64. The number of carbonyl (C=O) groups excluding carboxylic acids is 2. The minimum absolute atomic E-state index is 0.0918. The molecule has 0 radical (unpaired) electrons. The highest BCUT2D eigenvalue weighted by Crippen LogP contribution is 2.38. The molecule has 0 N–H and O–H groups in total. The molecule has 0 aromatic carbocycles. The first-order valence-corrected chi connectivity index (χ1v) is 6.77. The number of ether oxygens (including phenoxy) is 2. The van der Waals surface area contributed by atoms with Crippen molar-refractivity contribution in [2.45, 2.75) is 48.0 Å². The number of hydrogen-bond donors (Lipinski definition) is 0. The number of hydrogen-bond acceptors (Lipinski definition) is 4. The van der Waals surface area contributed by atoms with Crippen LogP contribution in [0.3, 0.4) is 0 Å². The molecular formula is C15H28O4. The normalized spacial score (nSPS) is 12.5. The quantitative estimate of drug-likeness (QED) is 0.605. The smallest absolute Gasteiger partial charge is 0.164 e. The maximum Gasteiger partial charge on any atom is 0.164 e. The third-order valence-electron chi connectivity index (χ3n) is 3.78. The average molecular weight is 272 g/mol. The summed E-state index contributed by atoms with van der Waals surface area (Å²) < 4.78 is 10.5. The zero-order valence-corrected chi connectivity index (χ0v) is 13.2. The molecule has 0 fully saturated rings. The van der Waals surface area contributed by atoms with Gasteiger partial charge < -0.3 is 9.47 Å². The van der Waals surface area contributed by atoms with Crippen molar-refractivity contribution in [3.8, 4) is 0 Å². The van der Waals surface area contributed by atoms with Crippen molar-refractivity contribution in [3.63, 3.8) is 0 Å². The molecule has 0 aromatic rings. The van der Waals surface area contributed by atoms with Gasteiger partial charge in [-0.05, 0) is 12.3 Å². The first kappa shape index (κ1) is 18.3.